The Morgan fingerprint density at radius 3 is 2.86 bits per heavy atom. The predicted molar refractivity (Wildman–Crippen MR) is 115 cm³/mol. The molecule has 0 saturated carbocycles. The number of nitrogens with one attached hydrogen (secondary N) is 1. The number of imidazole rings is 1. The number of hydrogen-bond donors (Lipinski definition) is 1. The lowest BCUT2D eigenvalue weighted by molar-refractivity contribution is 0.394. The summed E-state index contributed by atoms with van der Waals surface area (Å²) in [7, 11) is 1.67. The van der Waals surface area contributed by atoms with Crippen molar-refractivity contribution in [3.05, 3.63) is 72.6 Å². The number of thiocarbonyl (C=S) groups is 1. The maximum Gasteiger partial charge on any atom is 0.173 e. The second-order valence-corrected chi connectivity index (χ2v) is 6.96. The number of rotatable bonds is 8. The van der Waals surface area contributed by atoms with Gasteiger partial charge in [-0.2, -0.15) is 0 Å². The van der Waals surface area contributed by atoms with Crippen molar-refractivity contribution in [2.45, 2.75) is 26.4 Å². The summed E-state index contributed by atoms with van der Waals surface area (Å²) >= 11 is 5.73. The molecular formula is C21H25N5OS. The van der Waals surface area contributed by atoms with E-state index in [0.29, 0.717) is 11.7 Å². The molecule has 146 valence electrons. The van der Waals surface area contributed by atoms with Crippen molar-refractivity contribution < 1.29 is 4.74 Å². The SMILES string of the molecule is COc1cc(C)ccc1NC(=S)N(CCCn1ccnc1)Cc1cccnc1. The van der Waals surface area contributed by atoms with Crippen molar-refractivity contribution in [1.29, 1.82) is 0 Å². The van der Waals surface area contributed by atoms with E-state index in [4.69, 9.17) is 17.0 Å². The normalized spacial score (nSPS) is 10.5. The fourth-order valence-electron chi connectivity index (χ4n) is 2.92. The summed E-state index contributed by atoms with van der Waals surface area (Å²) in [6.45, 7) is 4.43. The summed E-state index contributed by atoms with van der Waals surface area (Å²) in [6, 6.07) is 10.0. The Balaban J connectivity index is 1.70. The van der Waals surface area contributed by atoms with Crippen LogP contribution in [0.15, 0.2) is 61.4 Å². The fraction of sp³-hybridized carbons (Fsp3) is 0.286. The number of benzene rings is 1. The third kappa shape index (κ3) is 5.53. The Kier molecular flexibility index (Phi) is 6.97. The molecule has 0 atom stereocenters. The van der Waals surface area contributed by atoms with E-state index in [-0.39, 0.29) is 0 Å². The lowest BCUT2D eigenvalue weighted by Gasteiger charge is -2.26. The van der Waals surface area contributed by atoms with Gasteiger partial charge in [-0.1, -0.05) is 12.1 Å². The molecule has 0 fully saturated rings. The molecule has 2 aromatic heterocycles. The minimum absolute atomic E-state index is 0.664. The van der Waals surface area contributed by atoms with Crippen LogP contribution in [0.4, 0.5) is 5.69 Å². The number of aromatic nitrogens is 3. The predicted octanol–water partition coefficient (Wildman–Crippen LogP) is 3.88. The van der Waals surface area contributed by atoms with Gasteiger partial charge in [0.2, 0.25) is 0 Å². The Morgan fingerprint density at radius 1 is 1.25 bits per heavy atom. The van der Waals surface area contributed by atoms with Crippen molar-refractivity contribution in [2.24, 2.45) is 0 Å². The van der Waals surface area contributed by atoms with E-state index in [0.717, 1.165) is 42.1 Å². The largest absolute Gasteiger partial charge is 0.495 e. The van der Waals surface area contributed by atoms with Gasteiger partial charge >= 0.3 is 0 Å². The lowest BCUT2D eigenvalue weighted by atomic mass is 10.2. The third-order valence-corrected chi connectivity index (χ3v) is 4.75. The van der Waals surface area contributed by atoms with Gasteiger partial charge < -0.3 is 19.5 Å². The number of hydrogen-bond acceptors (Lipinski definition) is 4. The van der Waals surface area contributed by atoms with Gasteiger partial charge in [0.05, 0.1) is 19.1 Å². The van der Waals surface area contributed by atoms with E-state index in [1.807, 2.05) is 49.9 Å². The molecule has 0 bridgehead atoms. The van der Waals surface area contributed by atoms with Crippen LogP contribution < -0.4 is 10.1 Å². The molecule has 2 heterocycles. The second-order valence-electron chi connectivity index (χ2n) is 6.57. The van der Waals surface area contributed by atoms with Crippen molar-refractivity contribution in [3.63, 3.8) is 0 Å². The molecule has 0 aliphatic carbocycles. The number of aryl methyl sites for hydroxylation is 2. The van der Waals surface area contributed by atoms with Crippen LogP contribution in [0.1, 0.15) is 17.5 Å². The van der Waals surface area contributed by atoms with Gasteiger partial charge in [-0.05, 0) is 54.9 Å². The van der Waals surface area contributed by atoms with Gasteiger partial charge in [0.25, 0.3) is 0 Å². The molecule has 0 aliphatic heterocycles. The summed E-state index contributed by atoms with van der Waals surface area (Å²) in [6.07, 6.45) is 10.2. The van der Waals surface area contributed by atoms with Crippen LogP contribution in [-0.4, -0.2) is 38.2 Å². The summed E-state index contributed by atoms with van der Waals surface area (Å²) in [5.74, 6) is 0.780. The fourth-order valence-corrected chi connectivity index (χ4v) is 3.19. The molecule has 1 aromatic carbocycles. The van der Waals surface area contributed by atoms with Crippen molar-refractivity contribution in [1.82, 2.24) is 19.4 Å². The van der Waals surface area contributed by atoms with Crippen LogP contribution >= 0.6 is 12.2 Å². The van der Waals surface area contributed by atoms with E-state index in [1.54, 1.807) is 19.5 Å². The molecule has 6 nitrogen and oxygen atoms in total. The van der Waals surface area contributed by atoms with Gasteiger partial charge in [-0.15, -0.1) is 0 Å². The highest BCUT2D eigenvalue weighted by Gasteiger charge is 2.13. The highest BCUT2D eigenvalue weighted by Crippen LogP contribution is 2.25. The average Bonchev–Trinajstić information content (AvgIpc) is 3.22. The molecule has 7 heteroatoms. The van der Waals surface area contributed by atoms with Gasteiger partial charge in [0, 0.05) is 44.4 Å². The summed E-state index contributed by atoms with van der Waals surface area (Å²) in [5.41, 5.74) is 3.12. The molecule has 1 N–H and O–H groups in total. The van der Waals surface area contributed by atoms with Gasteiger partial charge in [0.1, 0.15) is 5.75 Å². The minimum Gasteiger partial charge on any atom is -0.495 e. The van der Waals surface area contributed by atoms with E-state index in [9.17, 15) is 0 Å². The van der Waals surface area contributed by atoms with Crippen molar-refractivity contribution >= 4 is 23.0 Å². The number of methoxy groups -OCH3 is 1. The first-order valence-corrected chi connectivity index (χ1v) is 9.62. The number of nitrogens with zero attached hydrogens (tertiary/aromatic N) is 4. The third-order valence-electron chi connectivity index (χ3n) is 4.39. The van der Waals surface area contributed by atoms with Crippen molar-refractivity contribution in [2.75, 3.05) is 19.0 Å². The molecule has 0 spiro atoms. The van der Waals surface area contributed by atoms with Crippen LogP contribution in [0.3, 0.4) is 0 Å². The van der Waals surface area contributed by atoms with Crippen LogP contribution in [0, 0.1) is 6.92 Å². The Morgan fingerprint density at radius 2 is 2.14 bits per heavy atom. The monoisotopic (exact) mass is 395 g/mol. The zero-order chi connectivity index (χ0) is 19.8. The van der Waals surface area contributed by atoms with Crippen LogP contribution in [0.25, 0.3) is 0 Å². The molecule has 0 radical (unpaired) electrons. The van der Waals surface area contributed by atoms with Crippen LogP contribution in [0.2, 0.25) is 0 Å². The molecule has 0 aliphatic rings. The molecular weight excluding hydrogens is 370 g/mol. The maximum atomic E-state index is 5.73. The van der Waals surface area contributed by atoms with Gasteiger partial charge in [-0.25, -0.2) is 4.98 Å². The lowest BCUT2D eigenvalue weighted by Crippen LogP contribution is -2.35. The first kappa shape index (κ1) is 19.8. The minimum atomic E-state index is 0.664. The van der Waals surface area contributed by atoms with Gasteiger partial charge in [-0.3, -0.25) is 4.98 Å². The van der Waals surface area contributed by atoms with E-state index in [1.165, 1.54) is 0 Å². The van der Waals surface area contributed by atoms with E-state index < -0.39 is 0 Å². The van der Waals surface area contributed by atoms with E-state index >= 15 is 0 Å². The molecule has 3 rings (SSSR count). The Hall–Kier alpha value is -2.93. The molecule has 3 aromatic rings. The second kappa shape index (κ2) is 9.85. The highest BCUT2D eigenvalue weighted by molar-refractivity contribution is 7.80. The summed E-state index contributed by atoms with van der Waals surface area (Å²) in [4.78, 5) is 10.5. The zero-order valence-corrected chi connectivity index (χ0v) is 17.0. The maximum absolute atomic E-state index is 5.73. The van der Waals surface area contributed by atoms with Crippen LogP contribution in [-0.2, 0) is 13.1 Å². The molecule has 0 amide bonds. The number of ether oxygens (including phenoxy) is 1. The quantitative estimate of drug-likeness (QED) is 0.584. The number of anilines is 1. The Bertz CT molecular complexity index is 883. The standard InChI is InChI=1S/C21H25N5OS/c1-17-6-7-19(20(13-17)27-2)24-21(28)26(15-18-5-3-8-22-14-18)11-4-10-25-12-9-23-16-25/h3,5-9,12-14,16H,4,10-11,15H2,1-2H3,(H,24,28). The number of pyridine rings is 1. The van der Waals surface area contributed by atoms with Crippen LogP contribution in [0.5, 0.6) is 5.75 Å². The van der Waals surface area contributed by atoms with E-state index in [2.05, 4.69) is 30.8 Å². The first-order chi connectivity index (χ1) is 13.7. The molecule has 28 heavy (non-hydrogen) atoms. The molecule has 0 unspecified atom stereocenters. The van der Waals surface area contributed by atoms with Gasteiger partial charge in [0.15, 0.2) is 5.11 Å². The summed E-state index contributed by atoms with van der Waals surface area (Å²) in [5, 5.41) is 4.01. The summed E-state index contributed by atoms with van der Waals surface area (Å²) < 4.78 is 7.57. The topological polar surface area (TPSA) is 55.2 Å². The smallest absolute Gasteiger partial charge is 0.173 e. The average molecular weight is 396 g/mol. The van der Waals surface area contributed by atoms with Crippen molar-refractivity contribution in [3.8, 4) is 5.75 Å². The Labute approximate surface area is 171 Å². The molecule has 0 saturated heterocycles. The first-order valence-electron chi connectivity index (χ1n) is 9.21. The zero-order valence-electron chi connectivity index (χ0n) is 16.2. The highest BCUT2D eigenvalue weighted by atomic mass is 32.1.